The number of carbonyl (C=O) groups excluding carboxylic acids is 1. The number of hydrogen-bond donors (Lipinski definition) is 0. The lowest BCUT2D eigenvalue weighted by Crippen LogP contribution is -2.31. The summed E-state index contributed by atoms with van der Waals surface area (Å²) in [5.41, 5.74) is 3.50. The van der Waals surface area contributed by atoms with Crippen LogP contribution in [0.15, 0.2) is 77.4 Å². The first-order valence-electron chi connectivity index (χ1n) is 14.3. The van der Waals surface area contributed by atoms with E-state index in [4.69, 9.17) is 30.2 Å². The number of methoxy groups -OCH3 is 1. The number of carbonyl (C=O) groups is 1. The molecule has 228 valence electrons. The summed E-state index contributed by atoms with van der Waals surface area (Å²) < 4.78 is 55.0. The van der Waals surface area contributed by atoms with Gasteiger partial charge in [-0.05, 0) is 55.0 Å². The molecule has 8 nitrogen and oxygen atoms in total. The molecule has 11 heteroatoms. The first-order chi connectivity index (χ1) is 21.9. The number of hydrogen-bond acceptors (Lipinski definition) is 7. The second kappa shape index (κ2) is 11.9. The first-order valence-corrected chi connectivity index (χ1v) is 14.7. The Balaban J connectivity index is 1.15. The van der Waals surface area contributed by atoms with Crippen LogP contribution in [0.2, 0.25) is 5.02 Å². The third-order valence-corrected chi connectivity index (χ3v) is 8.27. The molecule has 6 aromatic rings. The van der Waals surface area contributed by atoms with E-state index in [1.54, 1.807) is 54.8 Å². The minimum absolute atomic E-state index is 0.0506. The van der Waals surface area contributed by atoms with Gasteiger partial charge in [-0.3, -0.25) is 0 Å². The van der Waals surface area contributed by atoms with Crippen molar-refractivity contribution in [3.05, 3.63) is 112 Å². The largest absolute Gasteiger partial charge is 0.473 e. The van der Waals surface area contributed by atoms with Gasteiger partial charge in [0.1, 0.15) is 29.6 Å². The Labute approximate surface area is 261 Å². The van der Waals surface area contributed by atoms with E-state index in [1.165, 1.54) is 19.2 Å². The number of imidazole rings is 1. The van der Waals surface area contributed by atoms with Gasteiger partial charge in [-0.1, -0.05) is 23.7 Å². The third kappa shape index (κ3) is 5.63. The van der Waals surface area contributed by atoms with Gasteiger partial charge in [0.15, 0.2) is 0 Å². The molecule has 0 N–H and O–H groups in total. The fraction of sp³-hybridized carbons (Fsp3) is 0.206. The van der Waals surface area contributed by atoms with Crippen molar-refractivity contribution in [1.29, 1.82) is 0 Å². The molecule has 0 amide bonds. The molecule has 45 heavy (non-hydrogen) atoms. The number of ether oxygens (including phenoxy) is 3. The number of furan rings is 1. The molecule has 0 radical (unpaired) electrons. The molecule has 0 spiro atoms. The van der Waals surface area contributed by atoms with E-state index >= 15 is 8.78 Å². The van der Waals surface area contributed by atoms with Gasteiger partial charge in [-0.15, -0.1) is 0 Å². The number of fused-ring (bicyclic) bond motifs is 2. The predicted octanol–water partition coefficient (Wildman–Crippen LogP) is 7.52. The average molecular weight is 630 g/mol. The van der Waals surface area contributed by atoms with Gasteiger partial charge in [0.05, 0.1) is 53.3 Å². The summed E-state index contributed by atoms with van der Waals surface area (Å²) in [6.07, 6.45) is 2.26. The van der Waals surface area contributed by atoms with Crippen LogP contribution in [0.3, 0.4) is 0 Å². The van der Waals surface area contributed by atoms with Crippen molar-refractivity contribution >= 4 is 39.6 Å². The number of pyridine rings is 1. The minimum atomic E-state index is -0.728. The van der Waals surface area contributed by atoms with Crippen LogP contribution in [0.25, 0.3) is 33.3 Å². The first kappa shape index (κ1) is 28.9. The number of aromatic nitrogens is 3. The van der Waals surface area contributed by atoms with E-state index < -0.39 is 17.6 Å². The monoisotopic (exact) mass is 629 g/mol. The van der Waals surface area contributed by atoms with Gasteiger partial charge in [0.25, 0.3) is 0 Å². The normalized spacial score (nSPS) is 14.5. The molecule has 0 unspecified atom stereocenters. The lowest BCUT2D eigenvalue weighted by atomic mass is 10.0. The van der Waals surface area contributed by atoms with Gasteiger partial charge in [-0.2, -0.15) is 0 Å². The molecule has 1 aliphatic rings. The predicted molar refractivity (Wildman–Crippen MR) is 163 cm³/mol. The van der Waals surface area contributed by atoms with E-state index in [1.807, 2.05) is 10.6 Å². The summed E-state index contributed by atoms with van der Waals surface area (Å²) in [5, 5.41) is 1.36. The maximum absolute atomic E-state index is 15.6. The number of esters is 1. The van der Waals surface area contributed by atoms with Gasteiger partial charge in [0, 0.05) is 41.2 Å². The highest BCUT2D eigenvalue weighted by Crippen LogP contribution is 2.31. The molecule has 3 aromatic heterocycles. The number of rotatable bonds is 9. The van der Waals surface area contributed by atoms with E-state index in [9.17, 15) is 4.79 Å². The number of halogens is 3. The number of nitrogens with zero attached hydrogens (tertiary/aromatic N) is 3. The van der Waals surface area contributed by atoms with Crippen molar-refractivity contribution in [2.24, 2.45) is 0 Å². The van der Waals surface area contributed by atoms with Crippen molar-refractivity contribution in [1.82, 2.24) is 14.5 Å². The molecule has 7 rings (SSSR count). The summed E-state index contributed by atoms with van der Waals surface area (Å²) in [6, 6.07) is 17.9. The molecule has 1 saturated heterocycles. The highest BCUT2D eigenvalue weighted by atomic mass is 35.5. The standard InChI is InChI=1S/C34H26ClF2N3O5/c1-42-34(41)19-6-8-29-30(15-19)40(17-22-9-11-43-22)31(38-29)16-24-26(36)13-21(14-27(24)37)28-3-2-4-32(39-28)45-18-20-5-7-25(35)23-10-12-44-33(20)23/h2-8,10,12-15,22H,9,11,16-18H2,1H3/t22-/m0/s1. The zero-order chi connectivity index (χ0) is 31.1. The Hall–Kier alpha value is -4.80. The van der Waals surface area contributed by atoms with Crippen LogP contribution in [0.5, 0.6) is 5.88 Å². The number of benzene rings is 3. The molecular weight excluding hydrogens is 604 g/mol. The summed E-state index contributed by atoms with van der Waals surface area (Å²) >= 11 is 6.23. The Morgan fingerprint density at radius 1 is 1.07 bits per heavy atom. The van der Waals surface area contributed by atoms with Gasteiger partial charge < -0.3 is 23.2 Å². The second-order valence-electron chi connectivity index (χ2n) is 10.7. The van der Waals surface area contributed by atoms with Crippen molar-refractivity contribution in [3.8, 4) is 17.1 Å². The maximum Gasteiger partial charge on any atom is 0.337 e. The van der Waals surface area contributed by atoms with Crippen molar-refractivity contribution in [2.45, 2.75) is 32.1 Å². The Morgan fingerprint density at radius 2 is 1.89 bits per heavy atom. The fourth-order valence-corrected chi connectivity index (χ4v) is 5.68. The second-order valence-corrected chi connectivity index (χ2v) is 11.1. The van der Waals surface area contributed by atoms with Gasteiger partial charge in [-0.25, -0.2) is 23.5 Å². The van der Waals surface area contributed by atoms with Crippen LogP contribution in [0.1, 0.15) is 33.7 Å². The Morgan fingerprint density at radius 3 is 2.64 bits per heavy atom. The quantitative estimate of drug-likeness (QED) is 0.153. The van der Waals surface area contributed by atoms with Crippen LogP contribution in [-0.4, -0.2) is 40.3 Å². The Kier molecular flexibility index (Phi) is 7.68. The Bertz CT molecular complexity index is 2050. The molecule has 1 aliphatic heterocycles. The molecule has 1 atom stereocenters. The summed E-state index contributed by atoms with van der Waals surface area (Å²) in [5.74, 6) is -1.21. The van der Waals surface area contributed by atoms with Crippen LogP contribution in [0.4, 0.5) is 8.78 Å². The smallest absolute Gasteiger partial charge is 0.337 e. The van der Waals surface area contributed by atoms with Crippen LogP contribution in [0, 0.1) is 11.6 Å². The van der Waals surface area contributed by atoms with E-state index in [0.717, 1.165) is 17.4 Å². The van der Waals surface area contributed by atoms with E-state index in [-0.39, 0.29) is 36.1 Å². The van der Waals surface area contributed by atoms with Crippen molar-refractivity contribution < 1.29 is 32.2 Å². The summed E-state index contributed by atoms with van der Waals surface area (Å²) in [4.78, 5) is 21.3. The minimum Gasteiger partial charge on any atom is -0.473 e. The highest BCUT2D eigenvalue weighted by molar-refractivity contribution is 6.35. The zero-order valence-electron chi connectivity index (χ0n) is 24.1. The topological polar surface area (TPSA) is 88.6 Å². The fourth-order valence-electron chi connectivity index (χ4n) is 5.47. The molecule has 1 fully saturated rings. The molecule has 4 heterocycles. The molecule has 0 bridgehead atoms. The van der Waals surface area contributed by atoms with Crippen molar-refractivity contribution in [2.75, 3.05) is 13.7 Å². The van der Waals surface area contributed by atoms with Gasteiger partial charge >= 0.3 is 5.97 Å². The molecule has 3 aromatic carbocycles. The molecular formula is C34H26ClF2N3O5. The molecule has 0 aliphatic carbocycles. The maximum atomic E-state index is 15.6. The highest BCUT2D eigenvalue weighted by Gasteiger charge is 2.24. The van der Waals surface area contributed by atoms with Crippen LogP contribution in [-0.2, 0) is 29.0 Å². The summed E-state index contributed by atoms with van der Waals surface area (Å²) in [6.45, 7) is 1.25. The summed E-state index contributed by atoms with van der Waals surface area (Å²) in [7, 11) is 1.31. The van der Waals surface area contributed by atoms with Gasteiger partial charge in [0.2, 0.25) is 5.88 Å². The average Bonchev–Trinajstić information content (AvgIpc) is 3.65. The zero-order valence-corrected chi connectivity index (χ0v) is 24.8. The van der Waals surface area contributed by atoms with Crippen molar-refractivity contribution in [3.63, 3.8) is 0 Å². The SMILES string of the molecule is COC(=O)c1ccc2nc(Cc3c(F)cc(-c4cccc(OCc5ccc(Cl)c6ccoc56)n4)cc3F)n(C[C@@H]3CCO3)c2c1. The molecule has 0 saturated carbocycles. The lowest BCUT2D eigenvalue weighted by molar-refractivity contribution is -0.0589. The van der Waals surface area contributed by atoms with E-state index in [0.29, 0.717) is 51.9 Å². The van der Waals surface area contributed by atoms with E-state index in [2.05, 4.69) is 9.97 Å². The third-order valence-electron chi connectivity index (χ3n) is 7.94. The lowest BCUT2D eigenvalue weighted by Gasteiger charge is -2.27. The van der Waals surface area contributed by atoms with Crippen LogP contribution < -0.4 is 4.74 Å². The van der Waals surface area contributed by atoms with Crippen LogP contribution >= 0.6 is 11.6 Å².